The number of hydrogen-bond donors (Lipinski definition) is 2. The van der Waals surface area contributed by atoms with Gasteiger partial charge in [0.05, 0.1) is 18.2 Å². The minimum Gasteiger partial charge on any atom is -0.481 e. The summed E-state index contributed by atoms with van der Waals surface area (Å²) in [6, 6.07) is 6.27. The standard InChI is InChI=1S/C14H19FN2O2/c1-14(2)9-16-8-10(7-13(18)19)17(14)12-6-4-3-5-11(12)15/h3-6,10,16H,7-9H2,1-2H3,(H,18,19). The summed E-state index contributed by atoms with van der Waals surface area (Å²) in [5, 5.41) is 12.2. The fraction of sp³-hybridized carbons (Fsp3) is 0.500. The van der Waals surface area contributed by atoms with Crippen molar-refractivity contribution >= 4 is 11.7 Å². The third-order valence-corrected chi connectivity index (χ3v) is 3.48. The molecule has 0 amide bonds. The Kier molecular flexibility index (Phi) is 3.75. The molecule has 104 valence electrons. The van der Waals surface area contributed by atoms with E-state index in [1.54, 1.807) is 18.2 Å². The number of piperazine rings is 1. The molecule has 0 aliphatic carbocycles. The molecule has 2 N–H and O–H groups in total. The quantitative estimate of drug-likeness (QED) is 0.876. The van der Waals surface area contributed by atoms with E-state index in [0.29, 0.717) is 18.8 Å². The van der Waals surface area contributed by atoms with Crippen LogP contribution in [0.3, 0.4) is 0 Å². The van der Waals surface area contributed by atoms with E-state index in [1.165, 1.54) is 6.07 Å². The highest BCUT2D eigenvalue weighted by Gasteiger charge is 2.38. The summed E-state index contributed by atoms with van der Waals surface area (Å²) in [6.45, 7) is 5.21. The molecule has 19 heavy (non-hydrogen) atoms. The van der Waals surface area contributed by atoms with E-state index >= 15 is 0 Å². The van der Waals surface area contributed by atoms with Gasteiger partial charge in [0, 0.05) is 18.6 Å². The van der Waals surface area contributed by atoms with Crippen molar-refractivity contribution in [3.63, 3.8) is 0 Å². The molecule has 1 aliphatic heterocycles. The molecule has 1 aromatic rings. The third-order valence-electron chi connectivity index (χ3n) is 3.48. The number of halogens is 1. The zero-order valence-electron chi connectivity index (χ0n) is 11.2. The molecule has 1 aromatic carbocycles. The number of aliphatic carboxylic acids is 1. The van der Waals surface area contributed by atoms with Crippen molar-refractivity contribution < 1.29 is 14.3 Å². The summed E-state index contributed by atoms with van der Waals surface area (Å²) in [6.07, 6.45) is -0.00916. The lowest BCUT2D eigenvalue weighted by atomic mass is 9.93. The van der Waals surface area contributed by atoms with Crippen molar-refractivity contribution in [2.75, 3.05) is 18.0 Å². The van der Waals surface area contributed by atoms with Crippen LogP contribution in [0.5, 0.6) is 0 Å². The molecule has 4 nitrogen and oxygen atoms in total. The Labute approximate surface area is 112 Å². The summed E-state index contributed by atoms with van der Waals surface area (Å²) in [7, 11) is 0. The molecule has 1 fully saturated rings. The summed E-state index contributed by atoms with van der Waals surface area (Å²) >= 11 is 0. The predicted octanol–water partition coefficient (Wildman–Crippen LogP) is 1.86. The second-order valence-corrected chi connectivity index (χ2v) is 5.52. The number of nitrogens with zero attached hydrogens (tertiary/aromatic N) is 1. The Hall–Kier alpha value is -1.62. The van der Waals surface area contributed by atoms with E-state index in [1.807, 2.05) is 18.7 Å². The average molecular weight is 266 g/mol. The number of benzene rings is 1. The fourth-order valence-electron chi connectivity index (χ4n) is 2.75. The van der Waals surface area contributed by atoms with Crippen molar-refractivity contribution in [1.29, 1.82) is 0 Å². The number of anilines is 1. The molecule has 0 aromatic heterocycles. The lowest BCUT2D eigenvalue weighted by molar-refractivity contribution is -0.137. The van der Waals surface area contributed by atoms with E-state index in [4.69, 9.17) is 5.11 Å². The molecule has 0 bridgehead atoms. The highest BCUT2D eigenvalue weighted by atomic mass is 19.1. The lowest BCUT2D eigenvalue weighted by Gasteiger charge is -2.49. The average Bonchev–Trinajstić information content (AvgIpc) is 2.29. The Morgan fingerprint density at radius 1 is 1.53 bits per heavy atom. The second kappa shape index (κ2) is 5.17. The maximum atomic E-state index is 14.0. The second-order valence-electron chi connectivity index (χ2n) is 5.52. The topological polar surface area (TPSA) is 52.6 Å². The van der Waals surface area contributed by atoms with Crippen LogP contribution in [0.25, 0.3) is 0 Å². The fourth-order valence-corrected chi connectivity index (χ4v) is 2.75. The number of carboxylic acid groups (broad SMARTS) is 1. The molecule has 1 unspecified atom stereocenters. The van der Waals surface area contributed by atoms with Crippen molar-refractivity contribution in [1.82, 2.24) is 5.32 Å². The molecule has 5 heteroatoms. The van der Waals surface area contributed by atoms with Gasteiger partial charge in [0.1, 0.15) is 5.82 Å². The SMILES string of the molecule is CC1(C)CNCC(CC(=O)O)N1c1ccccc1F. The first kappa shape index (κ1) is 13.8. The van der Waals surface area contributed by atoms with Gasteiger partial charge >= 0.3 is 5.97 Å². The Balaban J connectivity index is 2.39. The molecular weight excluding hydrogens is 247 g/mol. The Morgan fingerprint density at radius 3 is 2.84 bits per heavy atom. The molecule has 1 heterocycles. The number of carboxylic acids is 1. The van der Waals surface area contributed by atoms with Crippen LogP contribution in [0.15, 0.2) is 24.3 Å². The maximum absolute atomic E-state index is 14.0. The van der Waals surface area contributed by atoms with Crippen LogP contribution in [-0.4, -0.2) is 35.7 Å². The van der Waals surface area contributed by atoms with Gasteiger partial charge in [-0.3, -0.25) is 4.79 Å². The van der Waals surface area contributed by atoms with Gasteiger partial charge in [-0.2, -0.15) is 0 Å². The monoisotopic (exact) mass is 266 g/mol. The number of carbonyl (C=O) groups is 1. The zero-order valence-corrected chi connectivity index (χ0v) is 11.2. The van der Waals surface area contributed by atoms with Crippen molar-refractivity contribution in [3.05, 3.63) is 30.1 Å². The van der Waals surface area contributed by atoms with E-state index in [2.05, 4.69) is 5.32 Å². The maximum Gasteiger partial charge on any atom is 0.305 e. The van der Waals surface area contributed by atoms with Crippen molar-refractivity contribution in [2.24, 2.45) is 0 Å². The first-order valence-electron chi connectivity index (χ1n) is 6.38. The summed E-state index contributed by atoms with van der Waals surface area (Å²) in [4.78, 5) is 12.9. The largest absolute Gasteiger partial charge is 0.481 e. The van der Waals surface area contributed by atoms with E-state index in [-0.39, 0.29) is 23.8 Å². The minimum atomic E-state index is -0.870. The van der Waals surface area contributed by atoms with Gasteiger partial charge in [-0.1, -0.05) is 12.1 Å². The van der Waals surface area contributed by atoms with Gasteiger partial charge in [0.15, 0.2) is 0 Å². The van der Waals surface area contributed by atoms with Crippen LogP contribution in [0.4, 0.5) is 10.1 Å². The molecule has 0 spiro atoms. The van der Waals surface area contributed by atoms with Crippen LogP contribution in [0.1, 0.15) is 20.3 Å². The Morgan fingerprint density at radius 2 is 2.21 bits per heavy atom. The van der Waals surface area contributed by atoms with Gasteiger partial charge in [-0.15, -0.1) is 0 Å². The number of hydrogen-bond acceptors (Lipinski definition) is 3. The molecule has 1 atom stereocenters. The first-order chi connectivity index (χ1) is 8.92. The van der Waals surface area contributed by atoms with Crippen LogP contribution >= 0.6 is 0 Å². The van der Waals surface area contributed by atoms with Gasteiger partial charge in [0.2, 0.25) is 0 Å². The van der Waals surface area contributed by atoms with Crippen LogP contribution in [0.2, 0.25) is 0 Å². The number of para-hydroxylation sites is 1. The smallest absolute Gasteiger partial charge is 0.305 e. The predicted molar refractivity (Wildman–Crippen MR) is 71.9 cm³/mol. The van der Waals surface area contributed by atoms with Crippen LogP contribution < -0.4 is 10.2 Å². The number of nitrogens with one attached hydrogen (secondary N) is 1. The molecule has 2 rings (SSSR count). The van der Waals surface area contributed by atoms with E-state index in [0.717, 1.165) is 0 Å². The van der Waals surface area contributed by atoms with Gasteiger partial charge in [-0.25, -0.2) is 4.39 Å². The van der Waals surface area contributed by atoms with Crippen LogP contribution in [-0.2, 0) is 4.79 Å². The van der Waals surface area contributed by atoms with E-state index in [9.17, 15) is 9.18 Å². The Bertz CT molecular complexity index is 476. The molecule has 0 radical (unpaired) electrons. The zero-order chi connectivity index (χ0) is 14.0. The van der Waals surface area contributed by atoms with Gasteiger partial charge in [0.25, 0.3) is 0 Å². The molecule has 1 saturated heterocycles. The lowest BCUT2D eigenvalue weighted by Crippen LogP contribution is -2.64. The minimum absolute atomic E-state index is 0.00916. The van der Waals surface area contributed by atoms with Crippen molar-refractivity contribution in [3.8, 4) is 0 Å². The summed E-state index contributed by atoms with van der Waals surface area (Å²) in [5.41, 5.74) is 0.140. The van der Waals surface area contributed by atoms with E-state index < -0.39 is 5.97 Å². The highest BCUT2D eigenvalue weighted by Crippen LogP contribution is 2.31. The summed E-state index contributed by atoms with van der Waals surface area (Å²) < 4.78 is 14.0. The van der Waals surface area contributed by atoms with Gasteiger partial charge in [-0.05, 0) is 26.0 Å². The van der Waals surface area contributed by atoms with Gasteiger partial charge < -0.3 is 15.3 Å². The third kappa shape index (κ3) is 2.87. The molecule has 1 aliphatic rings. The molecule has 0 saturated carbocycles. The molecular formula is C14H19FN2O2. The highest BCUT2D eigenvalue weighted by molar-refractivity contribution is 5.69. The van der Waals surface area contributed by atoms with Crippen LogP contribution in [0, 0.1) is 5.82 Å². The van der Waals surface area contributed by atoms with Crippen molar-refractivity contribution in [2.45, 2.75) is 31.8 Å². The summed E-state index contributed by atoms with van der Waals surface area (Å²) in [5.74, 6) is -1.18. The number of rotatable bonds is 3. The normalized spacial score (nSPS) is 22.3. The first-order valence-corrected chi connectivity index (χ1v) is 6.38.